The second-order valence-corrected chi connectivity index (χ2v) is 5.05. The van der Waals surface area contributed by atoms with Crippen LogP contribution in [-0.2, 0) is 0 Å². The number of carbonyl (C=O) groups excluding carboxylic acids is 1. The summed E-state index contributed by atoms with van der Waals surface area (Å²) in [7, 11) is 0. The van der Waals surface area contributed by atoms with Crippen LogP contribution in [0.2, 0.25) is 5.02 Å². The first-order chi connectivity index (χ1) is 10.5. The fraction of sp³-hybridized carbons (Fsp3) is 0. The molecule has 0 radical (unpaired) electrons. The molecule has 0 aromatic heterocycles. The highest BCUT2D eigenvalue weighted by atomic mass is 35.5. The molecule has 3 aromatic carbocycles. The van der Waals surface area contributed by atoms with E-state index in [0.717, 1.165) is 22.9 Å². The molecule has 0 fully saturated rings. The molecule has 5 heteroatoms. The third-order valence-electron chi connectivity index (χ3n) is 3.16. The number of hydrogen-bond acceptors (Lipinski definition) is 2. The highest BCUT2D eigenvalue weighted by Crippen LogP contribution is 2.24. The van der Waals surface area contributed by atoms with Crippen LogP contribution in [0.15, 0.2) is 54.6 Å². The van der Waals surface area contributed by atoms with Gasteiger partial charge in [-0.2, -0.15) is 0 Å². The quantitative estimate of drug-likeness (QED) is 0.378. The van der Waals surface area contributed by atoms with Crippen molar-refractivity contribution in [2.24, 2.45) is 0 Å². The lowest BCUT2D eigenvalue weighted by Crippen LogP contribution is -2.10. The fourth-order valence-electron chi connectivity index (χ4n) is 2.07. The van der Waals surface area contributed by atoms with Gasteiger partial charge in [0, 0.05) is 0 Å². The molecule has 0 heterocycles. The van der Waals surface area contributed by atoms with Gasteiger partial charge in [-0.3, -0.25) is 0 Å². The second-order valence-electron chi connectivity index (χ2n) is 4.64. The van der Waals surface area contributed by atoms with Crippen molar-refractivity contribution in [3.63, 3.8) is 0 Å². The van der Waals surface area contributed by atoms with Gasteiger partial charge in [-0.25, -0.2) is 13.6 Å². The third kappa shape index (κ3) is 2.78. The summed E-state index contributed by atoms with van der Waals surface area (Å²) in [5.41, 5.74) is -0.228. The zero-order valence-electron chi connectivity index (χ0n) is 11.1. The smallest absolute Gasteiger partial charge is 0.345 e. The largest absolute Gasteiger partial charge is 0.423 e. The fourth-order valence-corrected chi connectivity index (χ4v) is 2.30. The number of fused-ring (bicyclic) bond motifs is 1. The van der Waals surface area contributed by atoms with E-state index in [-0.39, 0.29) is 10.6 Å². The van der Waals surface area contributed by atoms with E-state index in [1.165, 1.54) is 0 Å². The Balaban J connectivity index is 1.91. The Morgan fingerprint density at radius 2 is 1.59 bits per heavy atom. The third-order valence-corrected chi connectivity index (χ3v) is 3.47. The average Bonchev–Trinajstić information content (AvgIpc) is 2.50. The van der Waals surface area contributed by atoms with Crippen molar-refractivity contribution < 1.29 is 18.3 Å². The predicted octanol–water partition coefficient (Wildman–Crippen LogP) is 4.99. The van der Waals surface area contributed by atoms with Gasteiger partial charge in [0.1, 0.15) is 5.75 Å². The minimum Gasteiger partial charge on any atom is -0.423 e. The summed E-state index contributed by atoms with van der Waals surface area (Å²) < 4.78 is 31.4. The summed E-state index contributed by atoms with van der Waals surface area (Å²) in [4.78, 5) is 12.0. The molecule has 0 spiro atoms. The van der Waals surface area contributed by atoms with Crippen LogP contribution in [-0.4, -0.2) is 5.97 Å². The van der Waals surface area contributed by atoms with Gasteiger partial charge < -0.3 is 4.74 Å². The number of benzene rings is 3. The molecular weight excluding hydrogens is 310 g/mol. The van der Waals surface area contributed by atoms with Gasteiger partial charge in [0.15, 0.2) is 11.6 Å². The molecule has 0 saturated carbocycles. The number of rotatable bonds is 2. The molecule has 0 saturated heterocycles. The van der Waals surface area contributed by atoms with Crippen LogP contribution in [0.1, 0.15) is 10.4 Å². The van der Waals surface area contributed by atoms with Crippen LogP contribution < -0.4 is 4.74 Å². The van der Waals surface area contributed by atoms with Gasteiger partial charge in [0.25, 0.3) is 0 Å². The van der Waals surface area contributed by atoms with Crippen LogP contribution in [0.4, 0.5) is 8.78 Å². The lowest BCUT2D eigenvalue weighted by atomic mass is 10.1. The summed E-state index contributed by atoms with van der Waals surface area (Å²) in [6.07, 6.45) is 0. The average molecular weight is 319 g/mol. The Bertz CT molecular complexity index is 878. The number of hydrogen-bond donors (Lipinski definition) is 0. The van der Waals surface area contributed by atoms with Crippen LogP contribution in [0.25, 0.3) is 10.8 Å². The summed E-state index contributed by atoms with van der Waals surface area (Å²) in [5.74, 6) is -2.83. The van der Waals surface area contributed by atoms with E-state index in [4.69, 9.17) is 16.3 Å². The van der Waals surface area contributed by atoms with E-state index >= 15 is 0 Å². The van der Waals surface area contributed by atoms with Crippen LogP contribution in [0, 0.1) is 11.6 Å². The molecule has 0 aliphatic heterocycles. The summed E-state index contributed by atoms with van der Waals surface area (Å²) in [5, 5.41) is 1.68. The van der Waals surface area contributed by atoms with Crippen molar-refractivity contribution in [2.75, 3.05) is 0 Å². The Kier molecular flexibility index (Phi) is 3.77. The SMILES string of the molecule is O=C(Oc1ccc2ccccc2c1)c1cc(F)c(F)cc1Cl. The van der Waals surface area contributed by atoms with Crippen molar-refractivity contribution in [1.82, 2.24) is 0 Å². The Labute approximate surface area is 129 Å². The maximum atomic E-state index is 13.2. The number of halogens is 3. The molecule has 22 heavy (non-hydrogen) atoms. The monoisotopic (exact) mass is 318 g/mol. The topological polar surface area (TPSA) is 26.3 Å². The molecule has 3 aromatic rings. The van der Waals surface area contributed by atoms with Gasteiger partial charge >= 0.3 is 5.97 Å². The molecule has 0 bridgehead atoms. The van der Waals surface area contributed by atoms with Gasteiger partial charge in [-0.1, -0.05) is 41.9 Å². The first kappa shape index (κ1) is 14.5. The molecule has 0 aliphatic rings. The van der Waals surface area contributed by atoms with E-state index in [9.17, 15) is 13.6 Å². The standard InChI is InChI=1S/C17H9ClF2O2/c18-14-9-16(20)15(19)8-13(14)17(21)22-12-6-5-10-3-1-2-4-11(10)7-12/h1-9H. The molecule has 0 unspecified atom stereocenters. The lowest BCUT2D eigenvalue weighted by molar-refractivity contribution is 0.0734. The summed E-state index contributed by atoms with van der Waals surface area (Å²) >= 11 is 5.75. The summed E-state index contributed by atoms with van der Waals surface area (Å²) in [6, 6.07) is 14.1. The second kappa shape index (κ2) is 5.73. The molecule has 0 N–H and O–H groups in total. The molecule has 3 rings (SSSR count). The minimum absolute atomic E-state index is 0.204. The normalized spacial score (nSPS) is 10.7. The molecule has 0 atom stereocenters. The van der Waals surface area contributed by atoms with Crippen molar-refractivity contribution in [1.29, 1.82) is 0 Å². The van der Waals surface area contributed by atoms with Gasteiger partial charge in [-0.05, 0) is 35.0 Å². The number of esters is 1. The molecular formula is C17H9ClF2O2. The minimum atomic E-state index is -1.16. The van der Waals surface area contributed by atoms with E-state index in [2.05, 4.69) is 0 Å². The first-order valence-corrected chi connectivity index (χ1v) is 6.78. The zero-order chi connectivity index (χ0) is 15.7. The van der Waals surface area contributed by atoms with Gasteiger partial charge in [0.2, 0.25) is 0 Å². The maximum Gasteiger partial charge on any atom is 0.345 e. The van der Waals surface area contributed by atoms with Crippen molar-refractivity contribution in [3.05, 3.63) is 76.8 Å². The Morgan fingerprint density at radius 1 is 0.909 bits per heavy atom. The number of ether oxygens (including phenoxy) is 1. The van der Waals surface area contributed by atoms with Crippen LogP contribution >= 0.6 is 11.6 Å². The van der Waals surface area contributed by atoms with Crippen molar-refractivity contribution >= 4 is 28.3 Å². The summed E-state index contributed by atoms with van der Waals surface area (Å²) in [6.45, 7) is 0. The first-order valence-electron chi connectivity index (χ1n) is 6.40. The van der Waals surface area contributed by atoms with E-state index in [1.54, 1.807) is 18.2 Å². The maximum absolute atomic E-state index is 13.2. The molecule has 0 amide bonds. The number of carbonyl (C=O) groups is 1. The van der Waals surface area contributed by atoms with Crippen LogP contribution in [0.3, 0.4) is 0 Å². The lowest BCUT2D eigenvalue weighted by Gasteiger charge is -2.07. The zero-order valence-corrected chi connectivity index (χ0v) is 11.9. The van der Waals surface area contributed by atoms with E-state index in [1.807, 2.05) is 24.3 Å². The van der Waals surface area contributed by atoms with Crippen LogP contribution in [0.5, 0.6) is 5.75 Å². The predicted molar refractivity (Wildman–Crippen MR) is 80.3 cm³/mol. The van der Waals surface area contributed by atoms with Crippen molar-refractivity contribution in [2.45, 2.75) is 0 Å². The highest BCUT2D eigenvalue weighted by molar-refractivity contribution is 6.33. The van der Waals surface area contributed by atoms with Crippen molar-refractivity contribution in [3.8, 4) is 5.75 Å². The molecule has 110 valence electrons. The molecule has 0 aliphatic carbocycles. The molecule has 2 nitrogen and oxygen atoms in total. The highest BCUT2D eigenvalue weighted by Gasteiger charge is 2.17. The Morgan fingerprint density at radius 3 is 2.36 bits per heavy atom. The Hall–Kier alpha value is -2.46. The van der Waals surface area contributed by atoms with Gasteiger partial charge in [-0.15, -0.1) is 0 Å². The van der Waals surface area contributed by atoms with E-state index < -0.39 is 17.6 Å². The van der Waals surface area contributed by atoms with E-state index in [0.29, 0.717) is 5.75 Å². The van der Waals surface area contributed by atoms with Gasteiger partial charge in [0.05, 0.1) is 10.6 Å².